The summed E-state index contributed by atoms with van der Waals surface area (Å²) in [5.41, 5.74) is 0. The van der Waals surface area contributed by atoms with Crippen molar-refractivity contribution in [2.45, 2.75) is 111 Å². The van der Waals surface area contributed by atoms with Crippen molar-refractivity contribution >= 4 is 28.8 Å². The third kappa shape index (κ3) is 8.07. The molecule has 0 aromatic heterocycles. The summed E-state index contributed by atoms with van der Waals surface area (Å²) < 4.78 is 11.8. The molecule has 0 aliphatic heterocycles. The fraction of sp³-hybridized carbons (Fsp3) is 0.885. The van der Waals surface area contributed by atoms with Crippen LogP contribution < -0.4 is 0 Å². The van der Waals surface area contributed by atoms with E-state index in [0.717, 1.165) is 50.3 Å². The SMILES string of the molecule is CC(=O)SC(CC(=O)O[C@@H]1C[C@H](C)CC[C@H]1C(C)C)C(=O)O[C@@H]1C[C@H](C)CC[C@H]1C(C)C. The van der Waals surface area contributed by atoms with Gasteiger partial charge in [0, 0.05) is 6.92 Å². The summed E-state index contributed by atoms with van der Waals surface area (Å²) in [6.45, 7) is 14.5. The standard InChI is InChI=1S/C26H44O5S/c1-15(2)20-10-8-17(5)12-22(20)30-25(28)14-24(32-19(7)27)26(29)31-23-13-18(6)9-11-21(23)16(3)4/h15-18,20-24H,8-14H2,1-7H3/t17-,18-,20+,21+,22-,23-,24?/m1/s1. The minimum absolute atomic E-state index is 0.116. The van der Waals surface area contributed by atoms with Crippen LogP contribution in [0.3, 0.4) is 0 Å². The fourth-order valence-corrected chi connectivity index (χ4v) is 6.24. The average molecular weight is 469 g/mol. The zero-order chi connectivity index (χ0) is 24.0. The molecule has 2 aliphatic rings. The summed E-state index contributed by atoms with van der Waals surface area (Å²) in [4.78, 5) is 37.8. The van der Waals surface area contributed by atoms with Crippen LogP contribution in [-0.4, -0.2) is 34.5 Å². The zero-order valence-corrected chi connectivity index (χ0v) is 21.9. The minimum Gasteiger partial charge on any atom is -0.462 e. The molecule has 2 saturated carbocycles. The number of hydrogen-bond acceptors (Lipinski definition) is 6. The van der Waals surface area contributed by atoms with Gasteiger partial charge < -0.3 is 9.47 Å². The van der Waals surface area contributed by atoms with Gasteiger partial charge in [0.1, 0.15) is 17.5 Å². The molecule has 0 radical (unpaired) electrons. The topological polar surface area (TPSA) is 69.7 Å². The summed E-state index contributed by atoms with van der Waals surface area (Å²) in [7, 11) is 0. The predicted molar refractivity (Wildman–Crippen MR) is 129 cm³/mol. The van der Waals surface area contributed by atoms with Crippen LogP contribution in [0.5, 0.6) is 0 Å². The van der Waals surface area contributed by atoms with Gasteiger partial charge in [-0.15, -0.1) is 0 Å². The second-order valence-electron chi connectivity index (χ2n) is 11.0. The monoisotopic (exact) mass is 468 g/mol. The van der Waals surface area contributed by atoms with E-state index in [-0.39, 0.29) is 23.7 Å². The highest BCUT2D eigenvalue weighted by Gasteiger charge is 2.38. The lowest BCUT2D eigenvalue weighted by Gasteiger charge is -2.37. The Morgan fingerprint density at radius 1 is 0.812 bits per heavy atom. The number of rotatable bonds is 8. The molecule has 2 rings (SSSR count). The lowest BCUT2D eigenvalue weighted by Crippen LogP contribution is -2.39. The molecule has 6 heteroatoms. The second kappa shape index (κ2) is 12.4. The highest BCUT2D eigenvalue weighted by molar-refractivity contribution is 8.14. The number of hydrogen-bond donors (Lipinski definition) is 0. The number of thioether (sulfide) groups is 1. The highest BCUT2D eigenvalue weighted by atomic mass is 32.2. The van der Waals surface area contributed by atoms with E-state index in [0.29, 0.717) is 35.5 Å². The van der Waals surface area contributed by atoms with Crippen LogP contribution in [0.25, 0.3) is 0 Å². The first-order valence-corrected chi connectivity index (χ1v) is 13.4. The number of ether oxygens (including phenoxy) is 2. The molecule has 0 spiro atoms. The fourth-order valence-electron chi connectivity index (χ4n) is 5.47. The first-order chi connectivity index (χ1) is 15.0. The molecular weight excluding hydrogens is 424 g/mol. The van der Waals surface area contributed by atoms with Gasteiger partial charge in [-0.25, -0.2) is 0 Å². The van der Waals surface area contributed by atoms with E-state index in [1.54, 1.807) is 0 Å². The van der Waals surface area contributed by atoms with Gasteiger partial charge in [-0.1, -0.05) is 66.1 Å². The molecule has 0 bridgehead atoms. The number of carbonyl (C=O) groups is 3. The van der Waals surface area contributed by atoms with E-state index in [1.807, 2.05) is 0 Å². The maximum absolute atomic E-state index is 13.1. The van der Waals surface area contributed by atoms with Crippen molar-refractivity contribution in [1.29, 1.82) is 0 Å². The lowest BCUT2D eigenvalue weighted by molar-refractivity contribution is -0.162. The number of esters is 2. The van der Waals surface area contributed by atoms with Crippen molar-refractivity contribution in [3.05, 3.63) is 0 Å². The van der Waals surface area contributed by atoms with Crippen molar-refractivity contribution in [2.24, 2.45) is 35.5 Å². The molecule has 0 saturated heterocycles. The Bertz CT molecular complexity index is 646. The van der Waals surface area contributed by atoms with Crippen LogP contribution >= 0.6 is 11.8 Å². The Morgan fingerprint density at radius 2 is 1.28 bits per heavy atom. The Kier molecular flexibility index (Phi) is 10.6. The van der Waals surface area contributed by atoms with Crippen LogP contribution in [-0.2, 0) is 23.9 Å². The van der Waals surface area contributed by atoms with E-state index in [2.05, 4.69) is 41.5 Å². The zero-order valence-electron chi connectivity index (χ0n) is 21.1. The third-order valence-electron chi connectivity index (χ3n) is 7.40. The summed E-state index contributed by atoms with van der Waals surface area (Å²) in [5, 5.41) is -1.04. The van der Waals surface area contributed by atoms with Gasteiger partial charge in [0.05, 0.1) is 6.42 Å². The van der Waals surface area contributed by atoms with Gasteiger partial charge >= 0.3 is 11.9 Å². The van der Waals surface area contributed by atoms with E-state index < -0.39 is 17.2 Å². The summed E-state index contributed by atoms with van der Waals surface area (Å²) in [6.07, 6.45) is 5.71. The number of carbonyl (C=O) groups excluding carboxylic acids is 3. The Balaban J connectivity index is 2.04. The molecule has 0 heterocycles. The van der Waals surface area contributed by atoms with Gasteiger partial charge in [-0.2, -0.15) is 0 Å². The van der Waals surface area contributed by atoms with Crippen molar-refractivity contribution in [2.75, 3.05) is 0 Å². The molecule has 0 aromatic carbocycles. The molecule has 0 N–H and O–H groups in total. The Labute approximate surface area is 199 Å². The molecule has 184 valence electrons. The second-order valence-corrected chi connectivity index (χ2v) is 12.3. The third-order valence-corrected chi connectivity index (χ3v) is 8.37. The predicted octanol–water partition coefficient (Wildman–Crippen LogP) is 6.03. The quantitative estimate of drug-likeness (QED) is 0.405. The van der Waals surface area contributed by atoms with Gasteiger partial charge in [0.2, 0.25) is 0 Å². The van der Waals surface area contributed by atoms with Gasteiger partial charge in [-0.05, 0) is 61.2 Å². The maximum atomic E-state index is 13.1. The molecule has 2 aliphatic carbocycles. The van der Waals surface area contributed by atoms with Crippen molar-refractivity contribution in [1.82, 2.24) is 0 Å². The first kappa shape index (κ1) is 27.2. The van der Waals surface area contributed by atoms with Crippen LogP contribution in [0.2, 0.25) is 0 Å². The normalized spacial score (nSPS) is 31.9. The van der Waals surface area contributed by atoms with E-state index in [4.69, 9.17) is 9.47 Å². The van der Waals surface area contributed by atoms with Gasteiger partial charge in [0.25, 0.3) is 0 Å². The van der Waals surface area contributed by atoms with E-state index >= 15 is 0 Å². The van der Waals surface area contributed by atoms with E-state index in [1.165, 1.54) is 6.92 Å². The van der Waals surface area contributed by atoms with Crippen molar-refractivity contribution in [3.63, 3.8) is 0 Å². The van der Waals surface area contributed by atoms with Crippen LogP contribution in [0.4, 0.5) is 0 Å². The first-order valence-electron chi connectivity index (χ1n) is 12.5. The van der Waals surface area contributed by atoms with Crippen LogP contribution in [0, 0.1) is 35.5 Å². The molecule has 32 heavy (non-hydrogen) atoms. The molecule has 1 unspecified atom stereocenters. The molecule has 0 amide bonds. The molecular formula is C26H44O5S. The molecule has 7 atom stereocenters. The Hall–Kier alpha value is -1.04. The smallest absolute Gasteiger partial charge is 0.320 e. The average Bonchev–Trinajstić information content (AvgIpc) is 2.66. The van der Waals surface area contributed by atoms with Crippen LogP contribution in [0.15, 0.2) is 0 Å². The molecule has 2 fully saturated rings. The van der Waals surface area contributed by atoms with E-state index in [9.17, 15) is 14.4 Å². The largest absolute Gasteiger partial charge is 0.462 e. The Morgan fingerprint density at radius 3 is 1.72 bits per heavy atom. The summed E-state index contributed by atoms with van der Waals surface area (Å²) in [5.74, 6) is 1.70. The summed E-state index contributed by atoms with van der Waals surface area (Å²) in [6, 6.07) is 0. The highest BCUT2D eigenvalue weighted by Crippen LogP contribution is 2.37. The maximum Gasteiger partial charge on any atom is 0.320 e. The lowest BCUT2D eigenvalue weighted by atomic mass is 9.75. The molecule has 0 aromatic rings. The minimum atomic E-state index is -0.844. The van der Waals surface area contributed by atoms with Gasteiger partial charge in [-0.3, -0.25) is 14.4 Å². The molecule has 5 nitrogen and oxygen atoms in total. The van der Waals surface area contributed by atoms with Gasteiger partial charge in [0.15, 0.2) is 5.12 Å². The van der Waals surface area contributed by atoms with Crippen molar-refractivity contribution in [3.8, 4) is 0 Å². The summed E-state index contributed by atoms with van der Waals surface area (Å²) >= 11 is 0.890. The van der Waals surface area contributed by atoms with Crippen LogP contribution in [0.1, 0.15) is 93.4 Å². The van der Waals surface area contributed by atoms with Crippen molar-refractivity contribution < 1.29 is 23.9 Å².